The number of halogens is 3. The third-order valence-corrected chi connectivity index (χ3v) is 1.85. The van der Waals surface area contributed by atoms with Crippen LogP contribution in [0.5, 0.6) is 0 Å². The molecule has 0 unspecified atom stereocenters. The molecule has 0 aliphatic heterocycles. The number of hydrogen-bond acceptors (Lipinski definition) is 5. The van der Waals surface area contributed by atoms with Gasteiger partial charge in [0.05, 0.1) is 11.8 Å². The summed E-state index contributed by atoms with van der Waals surface area (Å²) in [6.07, 6.45) is 0. The fraction of sp³-hybridized carbons (Fsp3) is 0.400. The van der Waals surface area contributed by atoms with Crippen molar-refractivity contribution in [2.24, 2.45) is 5.73 Å². The van der Waals surface area contributed by atoms with Crippen LogP contribution in [0, 0.1) is 5.41 Å². The maximum atomic E-state index is 6.39. The summed E-state index contributed by atoms with van der Waals surface area (Å²) < 4.78 is 3.81. The van der Waals surface area contributed by atoms with E-state index in [9.17, 15) is 0 Å². The molecular weight excluding hydrogens is 269 g/mol. The first-order chi connectivity index (χ1) is 6.10. The van der Waals surface area contributed by atoms with Crippen LogP contribution < -0.4 is 11.5 Å². The van der Waals surface area contributed by atoms with Gasteiger partial charge in [-0.25, -0.2) is 4.98 Å². The molecule has 0 aromatic carbocycles. The van der Waals surface area contributed by atoms with Crippen LogP contribution in [0.2, 0.25) is 0 Å². The van der Waals surface area contributed by atoms with Crippen molar-refractivity contribution >= 4 is 58.1 Å². The quantitative estimate of drug-likeness (QED) is 0.433. The van der Waals surface area contributed by atoms with Crippen molar-refractivity contribution in [3.63, 3.8) is 0 Å². The summed E-state index contributed by atoms with van der Waals surface area (Å²) in [5.41, 5.74) is 9.98. The molecule has 1 aromatic rings. The zero-order chi connectivity index (χ0) is 10.3. The van der Waals surface area contributed by atoms with E-state index < -0.39 is 0 Å². The molecule has 1 heterocycles. The minimum atomic E-state index is 0. The second-order valence-electron chi connectivity index (χ2n) is 1.84. The maximum Gasteiger partial charge on any atom is 0.199 e. The highest BCUT2D eigenvalue weighted by Crippen LogP contribution is 2.06. The molecule has 1 rings (SSSR count). The lowest BCUT2D eigenvalue weighted by molar-refractivity contribution is 1.14. The predicted molar refractivity (Wildman–Crippen MR) is 63.8 cm³/mol. The number of nitrogens with one attached hydrogen (secondary N) is 1. The molecule has 9 heteroatoms. The highest BCUT2D eigenvalue weighted by Gasteiger charge is 1.95. The third kappa shape index (κ3) is 8.31. The van der Waals surface area contributed by atoms with Crippen LogP contribution >= 0.6 is 47.1 Å². The Bertz CT molecular complexity index is 266. The van der Waals surface area contributed by atoms with Crippen LogP contribution in [0.15, 0.2) is 0 Å². The molecule has 5 nitrogen and oxygen atoms in total. The summed E-state index contributed by atoms with van der Waals surface area (Å²) in [5, 5.41) is 6.86. The zero-order valence-electron chi connectivity index (χ0n) is 7.04. The lowest BCUT2D eigenvalue weighted by Crippen LogP contribution is -2.09. The smallest absolute Gasteiger partial charge is 0.199 e. The van der Waals surface area contributed by atoms with Crippen LogP contribution in [0.3, 0.4) is 0 Å². The Morgan fingerprint density at radius 1 is 1.50 bits per heavy atom. The molecule has 0 atom stereocenters. The van der Waals surface area contributed by atoms with Crippen molar-refractivity contribution in [3.8, 4) is 0 Å². The normalized spacial score (nSPS) is 8.14. The molecule has 0 aliphatic carbocycles. The molecule has 0 amide bonds. The first-order valence-electron chi connectivity index (χ1n) is 3.13. The van der Waals surface area contributed by atoms with Gasteiger partial charge in [0.1, 0.15) is 5.84 Å². The van der Waals surface area contributed by atoms with Crippen molar-refractivity contribution in [2.45, 2.75) is 5.88 Å². The molecule has 0 aliphatic rings. The van der Waals surface area contributed by atoms with Gasteiger partial charge < -0.3 is 11.5 Å². The standard InChI is InChI=1S/C3H4ClN3S.C2H5ClN2.ClH/c4-1-2-6-3(5)8-7-2;3-1-2(4)5;/h1H2,(H2,5,6,7);1H2,(H3,4,5);1H. The summed E-state index contributed by atoms with van der Waals surface area (Å²) in [6.45, 7) is 0. The van der Waals surface area contributed by atoms with E-state index in [4.69, 9.17) is 40.1 Å². The molecule has 5 N–H and O–H groups in total. The Labute approximate surface area is 102 Å². The van der Waals surface area contributed by atoms with E-state index in [-0.39, 0.29) is 24.1 Å². The number of aromatic nitrogens is 2. The zero-order valence-corrected chi connectivity index (χ0v) is 10.2. The highest BCUT2D eigenvalue weighted by molar-refractivity contribution is 7.09. The first-order valence-corrected chi connectivity index (χ1v) is 4.97. The monoisotopic (exact) mass is 277 g/mol. The Hall–Kier alpha value is -0.300. The van der Waals surface area contributed by atoms with Gasteiger partial charge in [0, 0.05) is 11.5 Å². The van der Waals surface area contributed by atoms with Gasteiger partial charge in [-0.3, -0.25) is 5.41 Å². The van der Waals surface area contributed by atoms with Crippen molar-refractivity contribution in [3.05, 3.63) is 5.82 Å². The second-order valence-corrected chi connectivity index (χ2v) is 3.16. The van der Waals surface area contributed by atoms with Crippen molar-refractivity contribution in [1.82, 2.24) is 9.36 Å². The van der Waals surface area contributed by atoms with Crippen LogP contribution in [-0.4, -0.2) is 21.1 Å². The average Bonchev–Trinajstić information content (AvgIpc) is 2.52. The van der Waals surface area contributed by atoms with Crippen molar-refractivity contribution in [1.29, 1.82) is 5.41 Å². The third-order valence-electron chi connectivity index (χ3n) is 0.747. The number of nitrogens with zero attached hydrogens (tertiary/aromatic N) is 2. The number of nitrogen functional groups attached to an aromatic ring is 1. The summed E-state index contributed by atoms with van der Waals surface area (Å²) in [4.78, 5) is 3.78. The minimum absolute atomic E-state index is 0. The fourth-order valence-corrected chi connectivity index (χ4v) is 0.963. The van der Waals surface area contributed by atoms with Gasteiger partial charge in [0.2, 0.25) is 0 Å². The minimum Gasteiger partial charge on any atom is -0.387 e. The Morgan fingerprint density at radius 3 is 2.14 bits per heavy atom. The lowest BCUT2D eigenvalue weighted by atomic mass is 10.7. The van der Waals surface area contributed by atoms with Gasteiger partial charge in [0.15, 0.2) is 11.0 Å². The van der Waals surface area contributed by atoms with E-state index in [1.165, 1.54) is 0 Å². The molecule has 0 fully saturated rings. The molecule has 14 heavy (non-hydrogen) atoms. The molecule has 0 bridgehead atoms. The molecule has 0 saturated carbocycles. The first kappa shape index (κ1) is 16.1. The fourth-order valence-electron chi connectivity index (χ4n) is 0.322. The summed E-state index contributed by atoms with van der Waals surface area (Å²) in [6, 6.07) is 0. The number of amidine groups is 1. The summed E-state index contributed by atoms with van der Waals surface area (Å²) in [7, 11) is 0. The van der Waals surface area contributed by atoms with E-state index >= 15 is 0 Å². The Morgan fingerprint density at radius 2 is 2.00 bits per heavy atom. The number of anilines is 1. The number of alkyl halides is 2. The average molecular weight is 279 g/mol. The Balaban J connectivity index is 0. The van der Waals surface area contributed by atoms with Crippen LogP contribution in [-0.2, 0) is 5.88 Å². The van der Waals surface area contributed by atoms with Gasteiger partial charge in [-0.1, -0.05) is 0 Å². The highest BCUT2D eigenvalue weighted by atomic mass is 35.5. The largest absolute Gasteiger partial charge is 0.387 e. The SMILES string of the molecule is Cl.N=C(N)CCl.Nc1nc(CCl)ns1. The van der Waals surface area contributed by atoms with Crippen LogP contribution in [0.1, 0.15) is 5.82 Å². The van der Waals surface area contributed by atoms with Crippen molar-refractivity contribution in [2.75, 3.05) is 11.6 Å². The molecule has 0 radical (unpaired) electrons. The van der Waals surface area contributed by atoms with Crippen LogP contribution in [0.4, 0.5) is 5.13 Å². The number of hydrogen-bond donors (Lipinski definition) is 3. The molecule has 1 aromatic heterocycles. The second kappa shape index (κ2) is 9.26. The topological polar surface area (TPSA) is 102 Å². The van der Waals surface area contributed by atoms with E-state index in [2.05, 4.69) is 9.36 Å². The molecule has 0 saturated heterocycles. The maximum absolute atomic E-state index is 6.39. The molecular formula is C5H10Cl3N5S. The van der Waals surface area contributed by atoms with Crippen LogP contribution in [0.25, 0.3) is 0 Å². The lowest BCUT2D eigenvalue weighted by Gasteiger charge is -1.76. The van der Waals surface area contributed by atoms with Gasteiger partial charge in [-0.15, -0.1) is 35.6 Å². The summed E-state index contributed by atoms with van der Waals surface area (Å²) >= 11 is 11.5. The number of nitrogens with two attached hydrogens (primary N) is 2. The van der Waals surface area contributed by atoms with Gasteiger partial charge in [-0.05, 0) is 0 Å². The number of rotatable bonds is 2. The van der Waals surface area contributed by atoms with Gasteiger partial charge in [0.25, 0.3) is 0 Å². The van der Waals surface area contributed by atoms with E-state index in [1.807, 2.05) is 0 Å². The molecule has 82 valence electrons. The Kier molecular flexibility index (Phi) is 10.7. The van der Waals surface area contributed by atoms with E-state index in [0.29, 0.717) is 16.8 Å². The van der Waals surface area contributed by atoms with Gasteiger partial charge >= 0.3 is 0 Å². The van der Waals surface area contributed by atoms with Crippen molar-refractivity contribution < 1.29 is 0 Å². The predicted octanol–water partition coefficient (Wildman–Crippen LogP) is 1.44. The van der Waals surface area contributed by atoms with E-state index in [0.717, 1.165) is 11.5 Å². The summed E-state index contributed by atoms with van der Waals surface area (Å²) in [5.74, 6) is 1.11. The van der Waals surface area contributed by atoms with E-state index in [1.54, 1.807) is 0 Å². The van der Waals surface area contributed by atoms with Gasteiger partial charge in [-0.2, -0.15) is 4.37 Å². The molecule has 0 spiro atoms.